The van der Waals surface area contributed by atoms with Crippen LogP contribution in [-0.4, -0.2) is 11.9 Å². The second kappa shape index (κ2) is 6.86. The smallest absolute Gasteiger partial charge is 0.229 e. The van der Waals surface area contributed by atoms with Gasteiger partial charge in [-0.25, -0.2) is 0 Å². The van der Waals surface area contributed by atoms with Gasteiger partial charge in [0.05, 0.1) is 11.6 Å². The third-order valence-electron chi connectivity index (χ3n) is 3.62. The number of nitrogens with two attached hydrogens (primary N) is 1. The van der Waals surface area contributed by atoms with Crippen molar-refractivity contribution in [1.29, 1.82) is 0 Å². The van der Waals surface area contributed by atoms with Crippen LogP contribution >= 0.6 is 31.9 Å². The van der Waals surface area contributed by atoms with Gasteiger partial charge in [0.15, 0.2) is 0 Å². The van der Waals surface area contributed by atoms with Crippen LogP contribution in [0.4, 0.5) is 5.69 Å². The molecule has 2 rings (SSSR count). The third kappa shape index (κ3) is 3.80. The second-order valence-corrected chi connectivity index (χ2v) is 6.70. The third-order valence-corrected chi connectivity index (χ3v) is 4.94. The monoisotopic (exact) mass is 388 g/mol. The Morgan fingerprint density at radius 1 is 1.16 bits per heavy atom. The van der Waals surface area contributed by atoms with E-state index >= 15 is 0 Å². The van der Waals surface area contributed by atoms with E-state index in [0.717, 1.165) is 40.3 Å². The van der Waals surface area contributed by atoms with Crippen LogP contribution in [0.15, 0.2) is 27.1 Å². The van der Waals surface area contributed by atoms with E-state index < -0.39 is 0 Å². The number of anilines is 1. The molecule has 19 heavy (non-hydrogen) atoms. The van der Waals surface area contributed by atoms with Crippen molar-refractivity contribution in [3.05, 3.63) is 27.1 Å². The van der Waals surface area contributed by atoms with Gasteiger partial charge in [-0.1, -0.05) is 25.3 Å². The molecule has 1 aromatic rings. The Bertz CT molecular complexity index is 445. The van der Waals surface area contributed by atoms with E-state index in [2.05, 4.69) is 37.2 Å². The van der Waals surface area contributed by atoms with E-state index in [9.17, 15) is 4.79 Å². The normalized spacial score (nSPS) is 23.7. The van der Waals surface area contributed by atoms with Crippen LogP contribution in [0.5, 0.6) is 0 Å². The molecule has 0 aromatic heterocycles. The molecule has 0 bridgehead atoms. The second-order valence-electron chi connectivity index (χ2n) is 4.99. The van der Waals surface area contributed by atoms with Crippen LogP contribution < -0.4 is 11.1 Å². The fraction of sp³-hybridized carbons (Fsp3) is 0.500. The van der Waals surface area contributed by atoms with Crippen LogP contribution in [0.3, 0.4) is 0 Å². The molecule has 1 fully saturated rings. The van der Waals surface area contributed by atoms with E-state index in [1.54, 1.807) is 0 Å². The first-order valence-corrected chi connectivity index (χ1v) is 8.18. The summed E-state index contributed by atoms with van der Waals surface area (Å²) >= 11 is 6.91. The molecule has 0 saturated heterocycles. The maximum absolute atomic E-state index is 12.4. The first kappa shape index (κ1) is 15.0. The molecule has 1 aromatic carbocycles. The van der Waals surface area contributed by atoms with Gasteiger partial charge in [0, 0.05) is 15.0 Å². The zero-order chi connectivity index (χ0) is 13.8. The number of hydrogen-bond donors (Lipinski definition) is 2. The van der Waals surface area contributed by atoms with Crippen molar-refractivity contribution >= 4 is 43.5 Å². The van der Waals surface area contributed by atoms with E-state index in [0.29, 0.717) is 0 Å². The zero-order valence-corrected chi connectivity index (χ0v) is 13.8. The SMILES string of the molecule is NC1CCCCCC1C(=O)Nc1c(Br)cccc1Br. The molecule has 3 nitrogen and oxygen atoms in total. The average molecular weight is 390 g/mol. The highest BCUT2D eigenvalue weighted by molar-refractivity contribution is 9.11. The predicted octanol–water partition coefficient (Wildman–Crippen LogP) is 4.06. The number of carbonyl (C=O) groups excluding carboxylic acids is 1. The minimum atomic E-state index is -0.0819. The quantitative estimate of drug-likeness (QED) is 0.749. The standard InChI is InChI=1S/C14H18Br2N2O/c15-10-6-4-7-11(16)13(10)18-14(19)9-5-2-1-3-8-12(9)17/h4,6-7,9,12H,1-3,5,8,17H2,(H,18,19). The van der Waals surface area contributed by atoms with Gasteiger partial charge < -0.3 is 11.1 Å². The number of nitrogens with one attached hydrogen (secondary N) is 1. The Morgan fingerprint density at radius 2 is 1.79 bits per heavy atom. The summed E-state index contributed by atoms with van der Waals surface area (Å²) in [4.78, 5) is 12.4. The van der Waals surface area contributed by atoms with Gasteiger partial charge >= 0.3 is 0 Å². The highest BCUT2D eigenvalue weighted by Gasteiger charge is 2.27. The van der Waals surface area contributed by atoms with Crippen LogP contribution in [0.1, 0.15) is 32.1 Å². The van der Waals surface area contributed by atoms with Gasteiger partial charge in [0.25, 0.3) is 0 Å². The van der Waals surface area contributed by atoms with Crippen LogP contribution in [-0.2, 0) is 4.79 Å². The summed E-state index contributed by atoms with van der Waals surface area (Å²) in [7, 11) is 0. The lowest BCUT2D eigenvalue weighted by atomic mass is 9.94. The van der Waals surface area contributed by atoms with E-state index in [4.69, 9.17) is 5.73 Å². The molecule has 1 aliphatic rings. The Balaban J connectivity index is 2.11. The highest BCUT2D eigenvalue weighted by atomic mass is 79.9. The van der Waals surface area contributed by atoms with Crippen molar-refractivity contribution in [2.45, 2.75) is 38.1 Å². The lowest BCUT2D eigenvalue weighted by molar-refractivity contribution is -0.120. The minimum Gasteiger partial charge on any atom is -0.327 e. The molecular formula is C14H18Br2N2O. The number of halogens is 2. The van der Waals surface area contributed by atoms with Crippen LogP contribution in [0.25, 0.3) is 0 Å². The van der Waals surface area contributed by atoms with Gasteiger partial charge in [0.1, 0.15) is 0 Å². The minimum absolute atomic E-state index is 0.0243. The molecule has 0 spiro atoms. The fourth-order valence-corrected chi connectivity index (χ4v) is 3.69. The average Bonchev–Trinajstić information content (AvgIpc) is 2.58. The summed E-state index contributed by atoms with van der Waals surface area (Å²) in [6.45, 7) is 0. The Morgan fingerprint density at radius 3 is 2.47 bits per heavy atom. The maximum atomic E-state index is 12.4. The van der Waals surface area contributed by atoms with Crippen molar-refractivity contribution in [3.8, 4) is 0 Å². The summed E-state index contributed by atoms with van der Waals surface area (Å²) in [5, 5.41) is 2.99. The van der Waals surface area contributed by atoms with Gasteiger partial charge in [-0.3, -0.25) is 4.79 Å². The number of para-hydroxylation sites is 1. The molecule has 1 aliphatic carbocycles. The van der Waals surface area contributed by atoms with E-state index in [-0.39, 0.29) is 17.9 Å². The summed E-state index contributed by atoms with van der Waals surface area (Å²) in [5.74, 6) is -0.0523. The predicted molar refractivity (Wildman–Crippen MR) is 85.0 cm³/mol. The maximum Gasteiger partial charge on any atom is 0.229 e. The fourth-order valence-electron chi connectivity index (χ4n) is 2.49. The van der Waals surface area contributed by atoms with Gasteiger partial charge in [-0.15, -0.1) is 0 Å². The lowest BCUT2D eigenvalue weighted by Gasteiger charge is -2.21. The van der Waals surface area contributed by atoms with Gasteiger partial charge in [0.2, 0.25) is 5.91 Å². The molecule has 0 radical (unpaired) electrons. The Labute approximate surface area is 130 Å². The van der Waals surface area contributed by atoms with Crippen LogP contribution in [0, 0.1) is 5.92 Å². The summed E-state index contributed by atoms with van der Waals surface area (Å²) < 4.78 is 1.75. The molecule has 3 N–H and O–H groups in total. The summed E-state index contributed by atoms with van der Waals surface area (Å²) in [6, 6.07) is 5.71. The highest BCUT2D eigenvalue weighted by Crippen LogP contribution is 2.32. The molecule has 0 aliphatic heterocycles. The lowest BCUT2D eigenvalue weighted by Crippen LogP contribution is -2.37. The first-order valence-electron chi connectivity index (χ1n) is 6.60. The molecule has 0 heterocycles. The van der Waals surface area contributed by atoms with Crippen molar-refractivity contribution in [3.63, 3.8) is 0 Å². The summed E-state index contributed by atoms with van der Waals surface area (Å²) in [5.41, 5.74) is 6.91. The molecule has 5 heteroatoms. The van der Waals surface area contributed by atoms with E-state index in [1.807, 2.05) is 18.2 Å². The number of benzene rings is 1. The van der Waals surface area contributed by atoms with E-state index in [1.165, 1.54) is 6.42 Å². The number of rotatable bonds is 2. The van der Waals surface area contributed by atoms with Gasteiger partial charge in [-0.05, 0) is 56.8 Å². The number of carbonyl (C=O) groups is 1. The molecule has 2 atom stereocenters. The first-order chi connectivity index (χ1) is 9.09. The molecule has 104 valence electrons. The van der Waals surface area contributed by atoms with Crippen molar-refractivity contribution < 1.29 is 4.79 Å². The van der Waals surface area contributed by atoms with Gasteiger partial charge in [-0.2, -0.15) is 0 Å². The zero-order valence-electron chi connectivity index (χ0n) is 10.7. The largest absolute Gasteiger partial charge is 0.327 e. The molecule has 1 amide bonds. The molecular weight excluding hydrogens is 372 g/mol. The van der Waals surface area contributed by atoms with Crippen molar-refractivity contribution in [1.82, 2.24) is 0 Å². The summed E-state index contributed by atoms with van der Waals surface area (Å²) in [6.07, 6.45) is 5.22. The Hall–Kier alpha value is -0.390. The molecule has 2 unspecified atom stereocenters. The van der Waals surface area contributed by atoms with Crippen LogP contribution in [0.2, 0.25) is 0 Å². The topological polar surface area (TPSA) is 55.1 Å². The van der Waals surface area contributed by atoms with Crippen molar-refractivity contribution in [2.75, 3.05) is 5.32 Å². The number of amides is 1. The molecule has 1 saturated carbocycles. The number of hydrogen-bond acceptors (Lipinski definition) is 2. The Kier molecular flexibility index (Phi) is 5.42. The van der Waals surface area contributed by atoms with Crippen molar-refractivity contribution in [2.24, 2.45) is 11.7 Å².